The summed E-state index contributed by atoms with van der Waals surface area (Å²) in [5, 5.41) is 0.871. The lowest BCUT2D eigenvalue weighted by atomic mass is 10.0. The van der Waals surface area contributed by atoms with Crippen LogP contribution in [-0.2, 0) is 0 Å². The Balaban J connectivity index is 2.18. The zero-order valence-corrected chi connectivity index (χ0v) is 13.4. The highest BCUT2D eigenvalue weighted by Gasteiger charge is 2.12. The summed E-state index contributed by atoms with van der Waals surface area (Å²) in [6.07, 6.45) is 1.17. The van der Waals surface area contributed by atoms with Crippen LogP contribution in [0.5, 0.6) is 5.88 Å². The standard InChI is InChI=1S/C16H10Cl2F2N2O/c1-8-4-10(9-2-3-11(17)12(18)6-9)15-13(5-8)22-14(7-21-15)23-16(19)20/h2-7,16H,1H3. The molecule has 0 aliphatic carbocycles. The first-order valence-electron chi connectivity index (χ1n) is 6.61. The van der Waals surface area contributed by atoms with Crippen molar-refractivity contribution in [3.63, 3.8) is 0 Å². The maximum Gasteiger partial charge on any atom is 0.388 e. The summed E-state index contributed by atoms with van der Waals surface area (Å²) in [5.41, 5.74) is 3.53. The molecule has 0 aliphatic rings. The zero-order chi connectivity index (χ0) is 16.6. The lowest BCUT2D eigenvalue weighted by Crippen LogP contribution is -2.04. The van der Waals surface area contributed by atoms with Crippen molar-refractivity contribution in [1.29, 1.82) is 0 Å². The highest BCUT2D eigenvalue weighted by atomic mass is 35.5. The van der Waals surface area contributed by atoms with Crippen molar-refractivity contribution in [2.75, 3.05) is 0 Å². The molecule has 2 aromatic carbocycles. The minimum absolute atomic E-state index is 0.224. The van der Waals surface area contributed by atoms with Gasteiger partial charge in [-0.25, -0.2) is 9.97 Å². The molecular formula is C16H10Cl2F2N2O. The van der Waals surface area contributed by atoms with E-state index < -0.39 is 6.61 Å². The Labute approximate surface area is 140 Å². The van der Waals surface area contributed by atoms with Gasteiger partial charge >= 0.3 is 6.61 Å². The van der Waals surface area contributed by atoms with Crippen molar-refractivity contribution in [2.45, 2.75) is 13.5 Å². The van der Waals surface area contributed by atoms with Crippen LogP contribution in [0.15, 0.2) is 36.5 Å². The molecule has 1 heterocycles. The molecule has 7 heteroatoms. The highest BCUT2D eigenvalue weighted by Crippen LogP contribution is 2.33. The third-order valence-corrected chi connectivity index (χ3v) is 3.95. The smallest absolute Gasteiger partial charge is 0.388 e. The fourth-order valence-electron chi connectivity index (χ4n) is 2.28. The maximum atomic E-state index is 12.3. The molecule has 23 heavy (non-hydrogen) atoms. The Kier molecular flexibility index (Phi) is 4.33. The number of alkyl halides is 2. The van der Waals surface area contributed by atoms with Gasteiger partial charge in [0.05, 0.1) is 27.3 Å². The molecule has 0 bridgehead atoms. The molecule has 0 amide bonds. The molecule has 0 atom stereocenters. The van der Waals surface area contributed by atoms with Crippen molar-refractivity contribution in [3.8, 4) is 17.0 Å². The van der Waals surface area contributed by atoms with Gasteiger partial charge in [0.15, 0.2) is 0 Å². The number of aryl methyl sites for hydroxylation is 1. The van der Waals surface area contributed by atoms with E-state index >= 15 is 0 Å². The van der Waals surface area contributed by atoms with Gasteiger partial charge in [-0.1, -0.05) is 29.3 Å². The molecule has 118 valence electrons. The molecule has 3 rings (SSSR count). The molecule has 1 aromatic heterocycles. The van der Waals surface area contributed by atoms with Crippen molar-refractivity contribution in [2.24, 2.45) is 0 Å². The fraction of sp³-hybridized carbons (Fsp3) is 0.125. The number of benzene rings is 2. The first kappa shape index (κ1) is 15.9. The molecule has 0 aliphatic heterocycles. The van der Waals surface area contributed by atoms with Crippen LogP contribution in [0.4, 0.5) is 8.78 Å². The van der Waals surface area contributed by atoms with E-state index in [1.54, 1.807) is 18.2 Å². The molecular weight excluding hydrogens is 345 g/mol. The van der Waals surface area contributed by atoms with E-state index in [9.17, 15) is 8.78 Å². The quantitative estimate of drug-likeness (QED) is 0.621. The predicted molar refractivity (Wildman–Crippen MR) is 86.4 cm³/mol. The lowest BCUT2D eigenvalue weighted by Gasteiger charge is -2.10. The molecule has 0 radical (unpaired) electrons. The number of hydrogen-bond acceptors (Lipinski definition) is 3. The van der Waals surface area contributed by atoms with Crippen LogP contribution >= 0.6 is 23.2 Å². The number of fused-ring (bicyclic) bond motifs is 1. The molecule has 0 unspecified atom stereocenters. The summed E-state index contributed by atoms with van der Waals surface area (Å²) in [7, 11) is 0. The largest absolute Gasteiger partial charge is 0.415 e. The third-order valence-electron chi connectivity index (χ3n) is 3.21. The first-order chi connectivity index (χ1) is 10.9. The SMILES string of the molecule is Cc1cc(-c2ccc(Cl)c(Cl)c2)c2ncc(OC(F)F)nc2c1. The summed E-state index contributed by atoms with van der Waals surface area (Å²) < 4.78 is 28.9. The second kappa shape index (κ2) is 6.26. The molecule has 0 fully saturated rings. The lowest BCUT2D eigenvalue weighted by molar-refractivity contribution is -0.0528. The Hall–Kier alpha value is -1.98. The van der Waals surface area contributed by atoms with Gasteiger partial charge in [-0.3, -0.25) is 0 Å². The Morgan fingerprint density at radius 3 is 2.57 bits per heavy atom. The Bertz CT molecular complexity index is 887. The summed E-state index contributed by atoms with van der Waals surface area (Å²) in [6, 6.07) is 8.90. The van der Waals surface area contributed by atoms with Crippen LogP contribution in [0.3, 0.4) is 0 Å². The van der Waals surface area contributed by atoms with Crippen LogP contribution in [0, 0.1) is 6.92 Å². The number of aromatic nitrogens is 2. The second-order valence-corrected chi connectivity index (χ2v) is 5.71. The van der Waals surface area contributed by atoms with Gasteiger partial charge in [0, 0.05) is 5.56 Å². The van der Waals surface area contributed by atoms with Crippen molar-refractivity contribution in [1.82, 2.24) is 9.97 Å². The summed E-state index contributed by atoms with van der Waals surface area (Å²) in [4.78, 5) is 8.29. The average molecular weight is 355 g/mol. The van der Waals surface area contributed by atoms with Gasteiger partial charge in [0.1, 0.15) is 0 Å². The van der Waals surface area contributed by atoms with Crippen molar-refractivity contribution in [3.05, 3.63) is 52.1 Å². The predicted octanol–water partition coefficient (Wildman–Crippen LogP) is 5.51. The normalized spacial score (nSPS) is 11.2. The molecule has 3 aromatic rings. The van der Waals surface area contributed by atoms with E-state index in [2.05, 4.69) is 14.7 Å². The van der Waals surface area contributed by atoms with Crippen molar-refractivity contribution < 1.29 is 13.5 Å². The number of hydrogen-bond donors (Lipinski definition) is 0. The van der Waals surface area contributed by atoms with Crippen LogP contribution in [-0.4, -0.2) is 16.6 Å². The molecule has 0 spiro atoms. The minimum Gasteiger partial charge on any atom is -0.415 e. The molecule has 0 saturated carbocycles. The Morgan fingerprint density at radius 1 is 1.09 bits per heavy atom. The molecule has 3 nitrogen and oxygen atoms in total. The Morgan fingerprint density at radius 2 is 1.87 bits per heavy atom. The summed E-state index contributed by atoms with van der Waals surface area (Å²) in [5.74, 6) is -0.224. The third kappa shape index (κ3) is 3.35. The highest BCUT2D eigenvalue weighted by molar-refractivity contribution is 6.42. The van der Waals surface area contributed by atoms with E-state index in [-0.39, 0.29) is 5.88 Å². The minimum atomic E-state index is -2.94. The molecule has 0 saturated heterocycles. The first-order valence-corrected chi connectivity index (χ1v) is 7.37. The van der Waals surface area contributed by atoms with Crippen molar-refractivity contribution >= 4 is 34.2 Å². The van der Waals surface area contributed by atoms with E-state index in [4.69, 9.17) is 23.2 Å². The number of halogens is 4. The second-order valence-electron chi connectivity index (χ2n) is 4.90. The van der Waals surface area contributed by atoms with Crippen LogP contribution < -0.4 is 4.74 Å². The van der Waals surface area contributed by atoms with Gasteiger partial charge < -0.3 is 4.74 Å². The van der Waals surface area contributed by atoms with Crippen LogP contribution in [0.1, 0.15) is 5.56 Å². The van der Waals surface area contributed by atoms with Gasteiger partial charge in [-0.2, -0.15) is 8.78 Å². The van der Waals surface area contributed by atoms with Gasteiger partial charge in [-0.15, -0.1) is 0 Å². The number of rotatable bonds is 3. The summed E-state index contributed by atoms with van der Waals surface area (Å²) >= 11 is 12.0. The summed E-state index contributed by atoms with van der Waals surface area (Å²) in [6.45, 7) is -1.07. The number of ether oxygens (including phenoxy) is 1. The van der Waals surface area contributed by atoms with Gasteiger partial charge in [-0.05, 0) is 42.3 Å². The van der Waals surface area contributed by atoms with E-state index in [1.165, 1.54) is 6.20 Å². The van der Waals surface area contributed by atoms with Gasteiger partial charge in [0.2, 0.25) is 5.88 Å². The average Bonchev–Trinajstić information content (AvgIpc) is 2.48. The maximum absolute atomic E-state index is 12.3. The van der Waals surface area contributed by atoms with E-state index in [1.807, 2.05) is 19.1 Å². The number of nitrogens with zero attached hydrogens (tertiary/aromatic N) is 2. The van der Waals surface area contributed by atoms with E-state index in [0.717, 1.165) is 16.7 Å². The fourth-order valence-corrected chi connectivity index (χ4v) is 2.58. The zero-order valence-electron chi connectivity index (χ0n) is 11.9. The molecule has 0 N–H and O–H groups in total. The van der Waals surface area contributed by atoms with E-state index in [0.29, 0.717) is 21.1 Å². The van der Waals surface area contributed by atoms with Crippen LogP contribution in [0.2, 0.25) is 10.0 Å². The van der Waals surface area contributed by atoms with Crippen LogP contribution in [0.25, 0.3) is 22.2 Å². The van der Waals surface area contributed by atoms with Gasteiger partial charge in [0.25, 0.3) is 0 Å². The monoisotopic (exact) mass is 354 g/mol. The topological polar surface area (TPSA) is 35.0 Å².